The molecule has 0 aromatic heterocycles. The fourth-order valence-electron chi connectivity index (χ4n) is 2.61. The van der Waals surface area contributed by atoms with E-state index in [1.807, 2.05) is 0 Å². The summed E-state index contributed by atoms with van der Waals surface area (Å²) < 4.78 is 17.9. The number of carbonyl (C=O) groups is 3. The second kappa shape index (κ2) is 12.0. The van der Waals surface area contributed by atoms with E-state index in [4.69, 9.17) is 24.5 Å². The average Bonchev–Trinajstić information content (AvgIpc) is 2.63. The number of aliphatic carboxylic acids is 2. The third-order valence-electron chi connectivity index (χ3n) is 4.06. The van der Waals surface area contributed by atoms with E-state index in [0.29, 0.717) is 19.0 Å². The second-order valence-corrected chi connectivity index (χ2v) is 6.19. The molecule has 0 unspecified atom stereocenters. The summed E-state index contributed by atoms with van der Waals surface area (Å²) in [6.45, 7) is 3.57. The first kappa shape index (κ1) is 22.5. The van der Waals surface area contributed by atoms with Crippen molar-refractivity contribution >= 4 is 17.8 Å². The fraction of sp³-hybridized carbons (Fsp3) is 0.500. The van der Waals surface area contributed by atoms with Crippen molar-refractivity contribution < 1.29 is 33.7 Å². The van der Waals surface area contributed by atoms with Crippen LogP contribution in [0.1, 0.15) is 18.4 Å². The van der Waals surface area contributed by atoms with Crippen molar-refractivity contribution in [1.29, 1.82) is 0 Å². The minimum atomic E-state index is -1.82. The lowest BCUT2D eigenvalue weighted by Crippen LogP contribution is -2.41. The monoisotopic (exact) mass is 384 g/mol. The summed E-state index contributed by atoms with van der Waals surface area (Å²) in [7, 11) is 1.73. The number of nitrogens with one attached hydrogen (secondary N) is 1. The van der Waals surface area contributed by atoms with Crippen molar-refractivity contribution in [2.75, 3.05) is 33.4 Å². The number of benzene rings is 1. The maximum Gasteiger partial charge on any atom is 0.414 e. The van der Waals surface area contributed by atoms with Gasteiger partial charge in [-0.15, -0.1) is 0 Å². The normalized spacial score (nSPS) is 14.7. The molecule has 1 heterocycles. The van der Waals surface area contributed by atoms with E-state index in [9.17, 15) is 9.18 Å². The van der Waals surface area contributed by atoms with Crippen LogP contribution in [0.2, 0.25) is 0 Å². The van der Waals surface area contributed by atoms with Gasteiger partial charge in [0, 0.05) is 20.3 Å². The fourth-order valence-corrected chi connectivity index (χ4v) is 2.61. The van der Waals surface area contributed by atoms with Crippen LogP contribution in [0.3, 0.4) is 0 Å². The number of halogens is 1. The van der Waals surface area contributed by atoms with Crippen molar-refractivity contribution in [3.05, 3.63) is 35.6 Å². The molecular weight excluding hydrogens is 359 g/mol. The quantitative estimate of drug-likeness (QED) is 0.626. The predicted octanol–water partition coefficient (Wildman–Crippen LogP) is 0.956. The minimum absolute atomic E-state index is 0.0181. The van der Waals surface area contributed by atoms with E-state index in [-0.39, 0.29) is 11.7 Å². The van der Waals surface area contributed by atoms with E-state index in [2.05, 4.69) is 10.2 Å². The van der Waals surface area contributed by atoms with E-state index in [1.54, 1.807) is 19.2 Å². The van der Waals surface area contributed by atoms with Gasteiger partial charge in [0.2, 0.25) is 5.91 Å². The molecule has 1 aliphatic heterocycles. The van der Waals surface area contributed by atoms with Gasteiger partial charge < -0.3 is 20.3 Å². The van der Waals surface area contributed by atoms with Crippen LogP contribution < -0.4 is 5.32 Å². The van der Waals surface area contributed by atoms with Gasteiger partial charge in [-0.25, -0.2) is 14.0 Å². The highest BCUT2D eigenvalue weighted by Gasteiger charge is 2.20. The Balaban J connectivity index is 0.000000527. The zero-order valence-electron chi connectivity index (χ0n) is 15.2. The standard InChI is InChI=1S/C16H23FN2O2.C2H2O4/c1-21-12-14-6-8-19(9-7-14)11-16(20)18-10-13-2-4-15(17)5-3-13;3-1(4)2(5)6/h2-5,14H,6-12H2,1H3,(H,18,20);(H,3,4)(H,5,6). The molecule has 1 aromatic carbocycles. The summed E-state index contributed by atoms with van der Waals surface area (Å²) in [5.41, 5.74) is 0.906. The molecule has 9 heteroatoms. The van der Waals surface area contributed by atoms with Gasteiger partial charge in [-0.1, -0.05) is 12.1 Å². The van der Waals surface area contributed by atoms with Crippen LogP contribution in [0.5, 0.6) is 0 Å². The third-order valence-corrected chi connectivity index (χ3v) is 4.06. The van der Waals surface area contributed by atoms with Crippen LogP contribution in [-0.4, -0.2) is 66.3 Å². The van der Waals surface area contributed by atoms with Gasteiger partial charge in [0.1, 0.15) is 5.82 Å². The largest absolute Gasteiger partial charge is 0.473 e. The van der Waals surface area contributed by atoms with Gasteiger partial charge in [-0.2, -0.15) is 0 Å². The average molecular weight is 384 g/mol. The lowest BCUT2D eigenvalue weighted by Gasteiger charge is -2.31. The number of hydrogen-bond acceptors (Lipinski definition) is 5. The lowest BCUT2D eigenvalue weighted by molar-refractivity contribution is -0.159. The molecule has 1 aliphatic rings. The minimum Gasteiger partial charge on any atom is -0.473 e. The number of carboxylic acid groups (broad SMARTS) is 2. The van der Waals surface area contributed by atoms with Crippen molar-refractivity contribution in [3.8, 4) is 0 Å². The number of carbonyl (C=O) groups excluding carboxylic acids is 1. The Morgan fingerprint density at radius 2 is 1.70 bits per heavy atom. The Morgan fingerprint density at radius 3 is 2.19 bits per heavy atom. The summed E-state index contributed by atoms with van der Waals surface area (Å²) in [6, 6.07) is 6.18. The Hall–Kier alpha value is -2.52. The zero-order chi connectivity index (χ0) is 20.2. The van der Waals surface area contributed by atoms with Crippen LogP contribution in [-0.2, 0) is 25.7 Å². The summed E-state index contributed by atoms with van der Waals surface area (Å²) in [5.74, 6) is -3.27. The Bertz CT molecular complexity index is 603. The molecule has 2 rings (SSSR count). The number of amides is 1. The first-order valence-corrected chi connectivity index (χ1v) is 8.50. The van der Waals surface area contributed by atoms with Crippen LogP contribution in [0.15, 0.2) is 24.3 Å². The third kappa shape index (κ3) is 9.66. The first-order chi connectivity index (χ1) is 12.8. The van der Waals surface area contributed by atoms with Crippen LogP contribution in [0, 0.1) is 11.7 Å². The van der Waals surface area contributed by atoms with Gasteiger partial charge in [0.25, 0.3) is 0 Å². The summed E-state index contributed by atoms with van der Waals surface area (Å²) in [5, 5.41) is 17.7. The van der Waals surface area contributed by atoms with Gasteiger partial charge in [0.15, 0.2) is 0 Å². The molecule has 1 saturated heterocycles. The number of hydrogen-bond donors (Lipinski definition) is 3. The first-order valence-electron chi connectivity index (χ1n) is 8.50. The Morgan fingerprint density at radius 1 is 1.15 bits per heavy atom. The number of carboxylic acids is 2. The maximum absolute atomic E-state index is 12.8. The van der Waals surface area contributed by atoms with Crippen molar-refractivity contribution in [1.82, 2.24) is 10.2 Å². The summed E-state index contributed by atoms with van der Waals surface area (Å²) in [4.78, 5) is 32.3. The maximum atomic E-state index is 12.8. The topological polar surface area (TPSA) is 116 Å². The van der Waals surface area contributed by atoms with E-state index < -0.39 is 11.9 Å². The number of rotatable bonds is 6. The van der Waals surface area contributed by atoms with Gasteiger partial charge in [-0.3, -0.25) is 9.69 Å². The summed E-state index contributed by atoms with van der Waals surface area (Å²) in [6.07, 6.45) is 2.16. The molecule has 0 aliphatic carbocycles. The molecule has 3 N–H and O–H groups in total. The number of ether oxygens (including phenoxy) is 1. The Kier molecular flexibility index (Phi) is 9.99. The Labute approximate surface area is 156 Å². The van der Waals surface area contributed by atoms with Crippen LogP contribution in [0.4, 0.5) is 4.39 Å². The molecule has 1 amide bonds. The number of methoxy groups -OCH3 is 1. The molecule has 0 spiro atoms. The molecule has 8 nitrogen and oxygen atoms in total. The summed E-state index contributed by atoms with van der Waals surface area (Å²) >= 11 is 0. The van der Waals surface area contributed by atoms with Crippen molar-refractivity contribution in [3.63, 3.8) is 0 Å². The smallest absolute Gasteiger partial charge is 0.414 e. The van der Waals surface area contributed by atoms with E-state index in [0.717, 1.165) is 38.1 Å². The molecular formula is C18H25FN2O6. The molecule has 150 valence electrons. The van der Waals surface area contributed by atoms with Crippen LogP contribution >= 0.6 is 0 Å². The van der Waals surface area contributed by atoms with Gasteiger partial charge in [-0.05, 0) is 49.5 Å². The molecule has 0 saturated carbocycles. The van der Waals surface area contributed by atoms with Gasteiger partial charge in [0.05, 0.1) is 6.54 Å². The molecule has 0 bridgehead atoms. The molecule has 0 radical (unpaired) electrons. The molecule has 1 aromatic rings. The van der Waals surface area contributed by atoms with Crippen molar-refractivity contribution in [2.24, 2.45) is 5.92 Å². The SMILES string of the molecule is COCC1CCN(CC(=O)NCc2ccc(F)cc2)CC1.O=C(O)C(=O)O. The predicted molar refractivity (Wildman–Crippen MR) is 94.6 cm³/mol. The lowest BCUT2D eigenvalue weighted by atomic mass is 9.98. The van der Waals surface area contributed by atoms with E-state index >= 15 is 0 Å². The highest BCUT2D eigenvalue weighted by atomic mass is 19.1. The number of piperidine rings is 1. The molecule has 1 fully saturated rings. The molecule has 27 heavy (non-hydrogen) atoms. The second-order valence-electron chi connectivity index (χ2n) is 6.19. The number of likely N-dealkylation sites (tertiary alicyclic amines) is 1. The van der Waals surface area contributed by atoms with Crippen LogP contribution in [0.25, 0.3) is 0 Å². The molecule has 0 atom stereocenters. The highest BCUT2D eigenvalue weighted by molar-refractivity contribution is 6.27. The van der Waals surface area contributed by atoms with Crippen molar-refractivity contribution in [2.45, 2.75) is 19.4 Å². The zero-order valence-corrected chi connectivity index (χ0v) is 15.2. The number of nitrogens with zero attached hydrogens (tertiary/aromatic N) is 1. The van der Waals surface area contributed by atoms with E-state index in [1.165, 1.54) is 12.1 Å². The highest BCUT2D eigenvalue weighted by Crippen LogP contribution is 2.16. The van der Waals surface area contributed by atoms with Gasteiger partial charge >= 0.3 is 11.9 Å².